The van der Waals surface area contributed by atoms with Gasteiger partial charge in [-0.3, -0.25) is 4.68 Å². The quantitative estimate of drug-likeness (QED) is 0.841. The van der Waals surface area contributed by atoms with Gasteiger partial charge in [0.25, 0.3) is 0 Å². The van der Waals surface area contributed by atoms with Crippen LogP contribution in [0, 0.1) is 19.8 Å². The highest BCUT2D eigenvalue weighted by Crippen LogP contribution is 2.33. The van der Waals surface area contributed by atoms with Crippen molar-refractivity contribution in [2.75, 3.05) is 13.2 Å². The molecule has 1 aromatic carbocycles. The standard InChI is InChI=1S/C20H29N3O/c1-4-11-23-16(3)19(15(2)22-23)14-21-13-18-10-12-24-20(18)17-8-6-5-7-9-17/h5-9,18,20-21H,4,10-14H2,1-3H3/t18-,20-/m1/s1. The minimum Gasteiger partial charge on any atom is -0.373 e. The topological polar surface area (TPSA) is 39.1 Å². The number of hydrogen-bond acceptors (Lipinski definition) is 3. The van der Waals surface area contributed by atoms with Crippen molar-refractivity contribution >= 4 is 0 Å². The molecular formula is C20H29N3O. The molecule has 0 unspecified atom stereocenters. The van der Waals surface area contributed by atoms with Crippen LogP contribution >= 0.6 is 0 Å². The molecule has 2 aromatic rings. The van der Waals surface area contributed by atoms with Crippen molar-refractivity contribution < 1.29 is 4.74 Å². The van der Waals surface area contributed by atoms with E-state index in [9.17, 15) is 0 Å². The molecule has 4 nitrogen and oxygen atoms in total. The average Bonchev–Trinajstić information content (AvgIpc) is 3.16. The Morgan fingerprint density at radius 3 is 2.79 bits per heavy atom. The number of ether oxygens (including phenoxy) is 1. The summed E-state index contributed by atoms with van der Waals surface area (Å²) in [5.41, 5.74) is 5.09. The van der Waals surface area contributed by atoms with Crippen molar-refractivity contribution in [1.82, 2.24) is 15.1 Å². The predicted octanol–water partition coefficient (Wildman–Crippen LogP) is 3.78. The van der Waals surface area contributed by atoms with E-state index in [1.54, 1.807) is 0 Å². The fourth-order valence-corrected chi connectivity index (χ4v) is 3.66. The second-order valence-corrected chi connectivity index (χ2v) is 6.75. The van der Waals surface area contributed by atoms with Gasteiger partial charge in [-0.1, -0.05) is 37.3 Å². The Morgan fingerprint density at radius 2 is 2.04 bits per heavy atom. The van der Waals surface area contributed by atoms with Crippen molar-refractivity contribution in [3.8, 4) is 0 Å². The maximum Gasteiger partial charge on any atom is 0.0866 e. The number of hydrogen-bond donors (Lipinski definition) is 1. The van der Waals surface area contributed by atoms with Gasteiger partial charge in [0.15, 0.2) is 0 Å². The predicted molar refractivity (Wildman–Crippen MR) is 96.9 cm³/mol. The fourth-order valence-electron chi connectivity index (χ4n) is 3.66. The first-order valence-corrected chi connectivity index (χ1v) is 9.10. The number of nitrogens with one attached hydrogen (secondary N) is 1. The summed E-state index contributed by atoms with van der Waals surface area (Å²) in [6.45, 7) is 10.2. The van der Waals surface area contributed by atoms with Gasteiger partial charge in [0.2, 0.25) is 0 Å². The third kappa shape index (κ3) is 3.70. The zero-order chi connectivity index (χ0) is 16.9. The Morgan fingerprint density at radius 1 is 1.25 bits per heavy atom. The van der Waals surface area contributed by atoms with Gasteiger partial charge < -0.3 is 10.1 Å². The number of aryl methyl sites for hydroxylation is 2. The van der Waals surface area contributed by atoms with Crippen LogP contribution in [-0.2, 0) is 17.8 Å². The van der Waals surface area contributed by atoms with E-state index >= 15 is 0 Å². The van der Waals surface area contributed by atoms with Crippen LogP contribution in [0.3, 0.4) is 0 Å². The molecule has 0 saturated carbocycles. The number of benzene rings is 1. The number of aromatic nitrogens is 2. The minimum atomic E-state index is 0.226. The third-order valence-electron chi connectivity index (χ3n) is 5.02. The van der Waals surface area contributed by atoms with Gasteiger partial charge in [0.05, 0.1) is 11.8 Å². The molecule has 24 heavy (non-hydrogen) atoms. The van der Waals surface area contributed by atoms with Crippen LogP contribution in [0.15, 0.2) is 30.3 Å². The highest BCUT2D eigenvalue weighted by atomic mass is 16.5. The summed E-state index contributed by atoms with van der Waals surface area (Å²) in [6.07, 6.45) is 2.47. The van der Waals surface area contributed by atoms with Crippen LogP contribution in [0.1, 0.15) is 48.4 Å². The summed E-state index contributed by atoms with van der Waals surface area (Å²) in [5, 5.41) is 8.31. The molecule has 0 aliphatic carbocycles. The summed E-state index contributed by atoms with van der Waals surface area (Å²) in [4.78, 5) is 0. The van der Waals surface area contributed by atoms with E-state index in [0.717, 1.165) is 44.8 Å². The van der Waals surface area contributed by atoms with Gasteiger partial charge in [-0.15, -0.1) is 0 Å². The summed E-state index contributed by atoms with van der Waals surface area (Å²) in [5.74, 6) is 0.540. The monoisotopic (exact) mass is 327 g/mol. The molecule has 1 saturated heterocycles. The fraction of sp³-hybridized carbons (Fsp3) is 0.550. The van der Waals surface area contributed by atoms with E-state index < -0.39 is 0 Å². The summed E-state index contributed by atoms with van der Waals surface area (Å²) < 4.78 is 8.12. The molecule has 0 amide bonds. The van der Waals surface area contributed by atoms with E-state index in [4.69, 9.17) is 4.74 Å². The SMILES string of the molecule is CCCn1nc(C)c(CNC[C@H]2CCO[C@@H]2c2ccccc2)c1C. The molecule has 2 heterocycles. The molecule has 1 aliphatic heterocycles. The van der Waals surface area contributed by atoms with Gasteiger partial charge >= 0.3 is 0 Å². The summed E-state index contributed by atoms with van der Waals surface area (Å²) in [7, 11) is 0. The lowest BCUT2D eigenvalue weighted by molar-refractivity contribution is 0.0904. The highest BCUT2D eigenvalue weighted by molar-refractivity contribution is 5.24. The van der Waals surface area contributed by atoms with E-state index in [1.165, 1.54) is 16.8 Å². The van der Waals surface area contributed by atoms with Crippen molar-refractivity contribution in [2.45, 2.75) is 52.8 Å². The normalized spacial score (nSPS) is 20.6. The van der Waals surface area contributed by atoms with Gasteiger partial charge in [-0.25, -0.2) is 0 Å². The Labute approximate surface area is 145 Å². The molecule has 0 spiro atoms. The molecule has 1 N–H and O–H groups in total. The molecule has 1 fully saturated rings. The molecule has 0 radical (unpaired) electrons. The first-order chi connectivity index (χ1) is 11.7. The smallest absolute Gasteiger partial charge is 0.0866 e. The second-order valence-electron chi connectivity index (χ2n) is 6.75. The molecule has 3 rings (SSSR count). The van der Waals surface area contributed by atoms with Crippen LogP contribution in [0.25, 0.3) is 0 Å². The molecule has 4 heteroatoms. The Hall–Kier alpha value is -1.65. The Kier molecular flexibility index (Phi) is 5.69. The molecule has 130 valence electrons. The molecular weight excluding hydrogens is 298 g/mol. The van der Waals surface area contributed by atoms with Crippen molar-refractivity contribution in [3.05, 3.63) is 52.8 Å². The lowest BCUT2D eigenvalue weighted by atomic mass is 9.95. The zero-order valence-corrected chi connectivity index (χ0v) is 15.1. The average molecular weight is 327 g/mol. The largest absolute Gasteiger partial charge is 0.373 e. The minimum absolute atomic E-state index is 0.226. The Bertz CT molecular complexity index is 650. The second kappa shape index (κ2) is 7.95. The highest BCUT2D eigenvalue weighted by Gasteiger charge is 2.29. The summed E-state index contributed by atoms with van der Waals surface area (Å²) in [6, 6.07) is 10.6. The van der Waals surface area contributed by atoms with E-state index in [0.29, 0.717) is 5.92 Å². The van der Waals surface area contributed by atoms with Crippen molar-refractivity contribution in [1.29, 1.82) is 0 Å². The lowest BCUT2D eigenvalue weighted by Gasteiger charge is -2.19. The molecule has 2 atom stereocenters. The van der Waals surface area contributed by atoms with Gasteiger partial charge in [-0.2, -0.15) is 5.10 Å². The summed E-state index contributed by atoms with van der Waals surface area (Å²) >= 11 is 0. The zero-order valence-electron chi connectivity index (χ0n) is 15.1. The number of nitrogens with zero attached hydrogens (tertiary/aromatic N) is 2. The van der Waals surface area contributed by atoms with Crippen molar-refractivity contribution in [2.24, 2.45) is 5.92 Å². The maximum absolute atomic E-state index is 5.98. The van der Waals surface area contributed by atoms with E-state index in [-0.39, 0.29) is 6.10 Å². The van der Waals surface area contributed by atoms with E-state index in [1.807, 2.05) is 0 Å². The van der Waals surface area contributed by atoms with Crippen LogP contribution in [0.5, 0.6) is 0 Å². The first-order valence-electron chi connectivity index (χ1n) is 9.10. The van der Waals surface area contributed by atoms with Crippen LogP contribution in [0.2, 0.25) is 0 Å². The maximum atomic E-state index is 5.98. The van der Waals surface area contributed by atoms with Gasteiger partial charge in [0, 0.05) is 43.4 Å². The van der Waals surface area contributed by atoms with E-state index in [2.05, 4.69) is 66.2 Å². The van der Waals surface area contributed by atoms with Crippen LogP contribution in [-0.4, -0.2) is 22.9 Å². The first kappa shape index (κ1) is 17.2. The van der Waals surface area contributed by atoms with Crippen molar-refractivity contribution in [3.63, 3.8) is 0 Å². The molecule has 0 bridgehead atoms. The molecule has 1 aliphatic rings. The van der Waals surface area contributed by atoms with Gasteiger partial charge in [0.1, 0.15) is 0 Å². The van der Waals surface area contributed by atoms with Crippen LogP contribution in [0.4, 0.5) is 0 Å². The third-order valence-corrected chi connectivity index (χ3v) is 5.02. The molecule has 1 aromatic heterocycles. The lowest BCUT2D eigenvalue weighted by Crippen LogP contribution is -2.25. The number of rotatable bonds is 7. The van der Waals surface area contributed by atoms with Crippen LogP contribution < -0.4 is 5.32 Å². The van der Waals surface area contributed by atoms with Gasteiger partial charge in [-0.05, 0) is 32.3 Å². The Balaban J connectivity index is 1.58.